The van der Waals surface area contributed by atoms with E-state index in [4.69, 9.17) is 14.2 Å². The van der Waals surface area contributed by atoms with Crippen LogP contribution in [-0.2, 0) is 19.1 Å². The molecule has 1 atom stereocenters. The highest BCUT2D eigenvalue weighted by atomic mass is 32.2. The lowest BCUT2D eigenvalue weighted by atomic mass is 10.1. The van der Waals surface area contributed by atoms with Crippen LogP contribution < -0.4 is 4.74 Å². The number of esters is 2. The van der Waals surface area contributed by atoms with Crippen molar-refractivity contribution in [2.45, 2.75) is 29.7 Å². The van der Waals surface area contributed by atoms with E-state index in [0.29, 0.717) is 24.7 Å². The van der Waals surface area contributed by atoms with Crippen molar-refractivity contribution in [1.29, 1.82) is 0 Å². The molecule has 1 unspecified atom stereocenters. The summed E-state index contributed by atoms with van der Waals surface area (Å²) < 4.78 is 16.3. The highest BCUT2D eigenvalue weighted by Crippen LogP contribution is 2.26. The van der Waals surface area contributed by atoms with E-state index in [1.807, 2.05) is 105 Å². The molecule has 0 spiro atoms. The summed E-state index contributed by atoms with van der Waals surface area (Å²) in [6.45, 7) is 11.5. The summed E-state index contributed by atoms with van der Waals surface area (Å²) in [4.78, 5) is 24.4. The van der Waals surface area contributed by atoms with Crippen LogP contribution in [0.5, 0.6) is 5.75 Å². The fourth-order valence-electron chi connectivity index (χ4n) is 4.23. The van der Waals surface area contributed by atoms with Gasteiger partial charge in [0.25, 0.3) is 0 Å². The maximum absolute atomic E-state index is 11.1. The number of hydrogen-bond acceptors (Lipinski definition) is 7. The van der Waals surface area contributed by atoms with Crippen molar-refractivity contribution in [3.8, 4) is 29.4 Å². The summed E-state index contributed by atoms with van der Waals surface area (Å²) in [5.74, 6) is 14.3. The van der Waals surface area contributed by atoms with Gasteiger partial charge in [-0.1, -0.05) is 49.0 Å². The van der Waals surface area contributed by atoms with Gasteiger partial charge in [-0.2, -0.15) is 0 Å². The average Bonchev–Trinajstić information content (AvgIpc) is 3.12. The minimum absolute atomic E-state index is 0.140. The fraction of sp³-hybridized carbons (Fsp3) is 0.171. The third kappa shape index (κ3) is 11.9. The predicted octanol–water partition coefficient (Wildman–Crippen LogP) is 8.58. The van der Waals surface area contributed by atoms with Crippen LogP contribution >= 0.6 is 23.5 Å². The second kappa shape index (κ2) is 18.9. The lowest BCUT2D eigenvalue weighted by Crippen LogP contribution is -2.04. The Balaban J connectivity index is 1.26. The standard InChI is InChI=1S/C41H36O5S2/c1-5-40(42)44-25-27-47-37-20-13-33(14-21-37)8-7-32-11-18-36(19-12-32)31(4)46-39-24-17-35(29-30(39)3)10-9-34-15-22-38(23-16-34)48-28-26-45-41(43)6-2/h5-6,11-24,29,31H,1-2,25-28H2,3-4H3. The molecule has 0 radical (unpaired) electrons. The van der Waals surface area contributed by atoms with Crippen LogP contribution in [-0.4, -0.2) is 36.7 Å². The van der Waals surface area contributed by atoms with Gasteiger partial charge < -0.3 is 14.2 Å². The molecule has 0 saturated heterocycles. The van der Waals surface area contributed by atoms with Crippen molar-refractivity contribution in [2.75, 3.05) is 24.7 Å². The molecule has 0 bridgehead atoms. The summed E-state index contributed by atoms with van der Waals surface area (Å²) in [7, 11) is 0. The van der Waals surface area contributed by atoms with E-state index >= 15 is 0 Å². The van der Waals surface area contributed by atoms with Gasteiger partial charge in [-0.05, 0) is 104 Å². The smallest absolute Gasteiger partial charge is 0.330 e. The molecule has 4 aromatic rings. The van der Waals surface area contributed by atoms with Crippen molar-refractivity contribution in [2.24, 2.45) is 0 Å². The maximum atomic E-state index is 11.1. The van der Waals surface area contributed by atoms with Gasteiger partial charge in [0.2, 0.25) is 0 Å². The third-order valence-corrected chi connectivity index (χ3v) is 8.75. The van der Waals surface area contributed by atoms with Crippen LogP contribution in [0.25, 0.3) is 0 Å². The van der Waals surface area contributed by atoms with E-state index in [0.717, 1.165) is 48.9 Å². The van der Waals surface area contributed by atoms with Gasteiger partial charge in [0.1, 0.15) is 25.1 Å². The second-order valence-corrected chi connectivity index (χ2v) is 12.7. The molecular formula is C41H36O5S2. The number of hydrogen-bond donors (Lipinski definition) is 0. The first-order valence-corrected chi connectivity index (χ1v) is 17.3. The Bertz CT molecular complexity index is 1840. The maximum Gasteiger partial charge on any atom is 0.330 e. The number of rotatable bonds is 13. The summed E-state index contributed by atoms with van der Waals surface area (Å²) in [6.07, 6.45) is 2.19. The zero-order valence-electron chi connectivity index (χ0n) is 27.0. The molecule has 0 N–H and O–H groups in total. The molecule has 0 amide bonds. The fourth-order valence-corrected chi connectivity index (χ4v) is 5.70. The normalized spacial score (nSPS) is 10.7. The second-order valence-electron chi connectivity index (χ2n) is 10.4. The molecule has 0 fully saturated rings. The van der Waals surface area contributed by atoms with Crippen molar-refractivity contribution in [3.63, 3.8) is 0 Å². The lowest BCUT2D eigenvalue weighted by Gasteiger charge is -2.17. The lowest BCUT2D eigenvalue weighted by molar-refractivity contribution is -0.138. The monoisotopic (exact) mass is 672 g/mol. The topological polar surface area (TPSA) is 61.8 Å². The summed E-state index contributed by atoms with van der Waals surface area (Å²) in [5, 5.41) is 0. The number of thioether (sulfide) groups is 2. The molecule has 48 heavy (non-hydrogen) atoms. The molecule has 4 aromatic carbocycles. The largest absolute Gasteiger partial charge is 0.486 e. The number of ether oxygens (including phenoxy) is 3. The van der Waals surface area contributed by atoms with E-state index < -0.39 is 11.9 Å². The van der Waals surface area contributed by atoms with Crippen LogP contribution in [0.2, 0.25) is 0 Å². The minimum atomic E-state index is -0.405. The van der Waals surface area contributed by atoms with Gasteiger partial charge in [0.05, 0.1) is 0 Å². The molecule has 5 nitrogen and oxygen atoms in total. The zero-order chi connectivity index (χ0) is 34.1. The van der Waals surface area contributed by atoms with Crippen LogP contribution in [0.1, 0.15) is 46.4 Å². The Kier molecular flexibility index (Phi) is 14.1. The number of aryl methyl sites for hydroxylation is 1. The zero-order valence-corrected chi connectivity index (χ0v) is 28.6. The summed E-state index contributed by atoms with van der Waals surface area (Å²) in [5.41, 5.74) is 5.76. The van der Waals surface area contributed by atoms with E-state index in [-0.39, 0.29) is 6.10 Å². The third-order valence-electron chi connectivity index (χ3n) is 6.80. The van der Waals surface area contributed by atoms with Gasteiger partial charge in [-0.25, -0.2) is 9.59 Å². The molecular weight excluding hydrogens is 637 g/mol. The first-order valence-electron chi connectivity index (χ1n) is 15.3. The molecule has 0 aliphatic carbocycles. The Morgan fingerprint density at radius 1 is 0.667 bits per heavy atom. The van der Waals surface area contributed by atoms with Crippen molar-refractivity contribution < 1.29 is 23.8 Å². The Labute approximate surface area is 291 Å². The van der Waals surface area contributed by atoms with Crippen LogP contribution in [0.15, 0.2) is 126 Å². The van der Waals surface area contributed by atoms with Crippen molar-refractivity contribution >= 4 is 35.5 Å². The van der Waals surface area contributed by atoms with Gasteiger partial charge >= 0.3 is 11.9 Å². The Hall–Kier alpha value is -5.08. The minimum Gasteiger partial charge on any atom is -0.486 e. The molecule has 0 saturated carbocycles. The number of carbonyl (C=O) groups excluding carboxylic acids is 2. The summed E-state index contributed by atoms with van der Waals surface area (Å²) in [6, 6.07) is 30.1. The van der Waals surface area contributed by atoms with Gasteiger partial charge in [-0.3, -0.25) is 0 Å². The first kappa shape index (κ1) is 35.8. The van der Waals surface area contributed by atoms with E-state index in [1.54, 1.807) is 23.5 Å². The van der Waals surface area contributed by atoms with Gasteiger partial charge in [0.15, 0.2) is 0 Å². The Morgan fingerprint density at radius 2 is 1.08 bits per heavy atom. The highest BCUT2D eigenvalue weighted by molar-refractivity contribution is 7.99. The van der Waals surface area contributed by atoms with Crippen molar-refractivity contribution in [3.05, 3.63) is 150 Å². The molecule has 4 rings (SSSR count). The number of benzene rings is 4. The van der Waals surface area contributed by atoms with Gasteiger partial charge in [0, 0.05) is 55.7 Å². The molecule has 0 aliphatic heterocycles. The van der Waals surface area contributed by atoms with E-state index in [1.165, 1.54) is 12.2 Å². The van der Waals surface area contributed by atoms with E-state index in [2.05, 4.69) is 36.8 Å². The Morgan fingerprint density at radius 3 is 1.52 bits per heavy atom. The molecule has 0 aliphatic rings. The highest BCUT2D eigenvalue weighted by Gasteiger charge is 2.09. The van der Waals surface area contributed by atoms with Crippen molar-refractivity contribution in [1.82, 2.24) is 0 Å². The first-order chi connectivity index (χ1) is 23.3. The quantitative estimate of drug-likeness (QED) is 0.0464. The summed E-state index contributed by atoms with van der Waals surface area (Å²) >= 11 is 3.23. The molecule has 0 aromatic heterocycles. The van der Waals surface area contributed by atoms with E-state index in [9.17, 15) is 9.59 Å². The number of carbonyl (C=O) groups is 2. The average molecular weight is 673 g/mol. The molecule has 0 heterocycles. The predicted molar refractivity (Wildman–Crippen MR) is 195 cm³/mol. The van der Waals surface area contributed by atoms with Crippen LogP contribution in [0.3, 0.4) is 0 Å². The SMILES string of the molecule is C=CC(=O)OCCSc1ccc(C#Cc2ccc(C(C)Oc3ccc(C#Cc4ccc(SCCOC(=O)C=C)cc4)cc3C)cc2)cc1. The molecule has 242 valence electrons. The van der Waals surface area contributed by atoms with Gasteiger partial charge in [-0.15, -0.1) is 23.5 Å². The van der Waals surface area contributed by atoms with Crippen LogP contribution in [0.4, 0.5) is 0 Å². The van der Waals surface area contributed by atoms with Crippen LogP contribution in [0, 0.1) is 30.6 Å². The molecule has 7 heteroatoms.